The van der Waals surface area contributed by atoms with Crippen LogP contribution < -0.4 is 0 Å². The van der Waals surface area contributed by atoms with Gasteiger partial charge >= 0.3 is 29.6 Å². The zero-order valence-electron chi connectivity index (χ0n) is 15.7. The van der Waals surface area contributed by atoms with Crippen molar-refractivity contribution in [2.45, 2.75) is 0 Å². The molecule has 4 aromatic rings. The molecule has 0 saturated carbocycles. The summed E-state index contributed by atoms with van der Waals surface area (Å²) in [6.45, 7) is 0. The van der Waals surface area contributed by atoms with Crippen molar-refractivity contribution >= 4 is 53.9 Å². The van der Waals surface area contributed by atoms with Crippen LogP contribution in [-0.4, -0.2) is 29.6 Å². The van der Waals surface area contributed by atoms with Gasteiger partial charge in [-0.2, -0.15) is 0 Å². The third-order valence-corrected chi connectivity index (χ3v) is 4.72. The second-order valence-electron chi connectivity index (χ2n) is 6.66. The molecule has 0 unspecified atom stereocenters. The standard InChI is InChI=1S/C28H22.Na.H/c1-4-11-23(12-5-1)19-21-26-17-10-18-27(25-15-8-3-9-16-25)28(26)22-20-24-13-6-2-7-14-24;;/h1-22H;;. The van der Waals surface area contributed by atoms with Crippen molar-refractivity contribution in [2.24, 2.45) is 0 Å². The number of hydrogen-bond acceptors (Lipinski definition) is 0. The maximum absolute atomic E-state index is 2.22. The Balaban J connectivity index is 0.00000240. The molecule has 0 aliphatic heterocycles. The molecule has 0 saturated heterocycles. The third kappa shape index (κ3) is 5.68. The molecule has 4 rings (SSSR count). The van der Waals surface area contributed by atoms with Crippen LogP contribution in [-0.2, 0) is 0 Å². The number of rotatable bonds is 5. The summed E-state index contributed by atoms with van der Waals surface area (Å²) in [5.74, 6) is 0. The Morgan fingerprint density at radius 3 is 1.52 bits per heavy atom. The molecular formula is C28H23Na. The zero-order valence-corrected chi connectivity index (χ0v) is 15.7. The van der Waals surface area contributed by atoms with Gasteiger partial charge in [0.05, 0.1) is 0 Å². The summed E-state index contributed by atoms with van der Waals surface area (Å²) >= 11 is 0. The van der Waals surface area contributed by atoms with Crippen LogP contribution in [0, 0.1) is 0 Å². The minimum absolute atomic E-state index is 0. The summed E-state index contributed by atoms with van der Waals surface area (Å²) in [7, 11) is 0. The van der Waals surface area contributed by atoms with Gasteiger partial charge in [0, 0.05) is 0 Å². The summed E-state index contributed by atoms with van der Waals surface area (Å²) in [6, 6.07) is 37.9. The normalized spacial score (nSPS) is 10.9. The Bertz CT molecular complexity index is 1080. The molecule has 0 aromatic heterocycles. The van der Waals surface area contributed by atoms with Crippen molar-refractivity contribution < 1.29 is 0 Å². The van der Waals surface area contributed by atoms with E-state index >= 15 is 0 Å². The van der Waals surface area contributed by atoms with Crippen LogP contribution in [0.15, 0.2) is 109 Å². The van der Waals surface area contributed by atoms with E-state index in [1.807, 2.05) is 12.1 Å². The summed E-state index contributed by atoms with van der Waals surface area (Å²) in [5.41, 5.74) is 7.30. The van der Waals surface area contributed by atoms with E-state index in [9.17, 15) is 0 Å². The SMILES string of the molecule is C(=Cc1cccc(-c2ccccc2)c1C=Cc1ccccc1)c1ccccc1.[NaH]. The van der Waals surface area contributed by atoms with Crippen molar-refractivity contribution in [3.63, 3.8) is 0 Å². The third-order valence-electron chi connectivity index (χ3n) is 4.72. The van der Waals surface area contributed by atoms with Crippen LogP contribution >= 0.6 is 0 Å². The Hall–Kier alpha value is -2.64. The van der Waals surface area contributed by atoms with Gasteiger partial charge in [-0.05, 0) is 33.4 Å². The van der Waals surface area contributed by atoms with Gasteiger partial charge in [-0.3, -0.25) is 0 Å². The van der Waals surface area contributed by atoms with Crippen molar-refractivity contribution in [1.82, 2.24) is 0 Å². The monoisotopic (exact) mass is 382 g/mol. The van der Waals surface area contributed by atoms with Gasteiger partial charge in [-0.15, -0.1) is 0 Å². The quantitative estimate of drug-likeness (QED) is 0.256. The van der Waals surface area contributed by atoms with E-state index in [2.05, 4.69) is 121 Å². The van der Waals surface area contributed by atoms with Crippen LogP contribution in [0.1, 0.15) is 22.3 Å². The van der Waals surface area contributed by atoms with Gasteiger partial charge in [0.25, 0.3) is 0 Å². The first kappa shape index (κ1) is 21.1. The number of hydrogen-bond donors (Lipinski definition) is 0. The van der Waals surface area contributed by atoms with Crippen molar-refractivity contribution in [3.05, 3.63) is 131 Å². The molecule has 0 bridgehead atoms. The van der Waals surface area contributed by atoms with Crippen LogP contribution in [0.5, 0.6) is 0 Å². The van der Waals surface area contributed by atoms with E-state index < -0.39 is 0 Å². The zero-order chi connectivity index (χ0) is 19.0. The van der Waals surface area contributed by atoms with E-state index in [1.165, 1.54) is 33.4 Å². The van der Waals surface area contributed by atoms with E-state index in [-0.39, 0.29) is 29.6 Å². The Morgan fingerprint density at radius 2 is 0.931 bits per heavy atom. The van der Waals surface area contributed by atoms with Gasteiger partial charge in [0.2, 0.25) is 0 Å². The van der Waals surface area contributed by atoms with Gasteiger partial charge in [-0.25, -0.2) is 0 Å². The molecular weight excluding hydrogens is 359 g/mol. The summed E-state index contributed by atoms with van der Waals surface area (Å²) in [5, 5.41) is 0. The van der Waals surface area contributed by atoms with Crippen molar-refractivity contribution in [1.29, 1.82) is 0 Å². The Labute approximate surface area is 195 Å². The van der Waals surface area contributed by atoms with E-state index in [1.54, 1.807) is 0 Å². The number of benzene rings is 4. The molecule has 0 atom stereocenters. The van der Waals surface area contributed by atoms with Gasteiger partial charge in [0.1, 0.15) is 0 Å². The first-order valence-corrected chi connectivity index (χ1v) is 9.55. The summed E-state index contributed by atoms with van der Waals surface area (Å²) < 4.78 is 0. The minimum atomic E-state index is 0. The summed E-state index contributed by atoms with van der Waals surface area (Å²) in [6.07, 6.45) is 8.78. The molecule has 0 amide bonds. The van der Waals surface area contributed by atoms with Crippen LogP contribution in [0.4, 0.5) is 0 Å². The molecule has 29 heavy (non-hydrogen) atoms. The van der Waals surface area contributed by atoms with Crippen LogP contribution in [0.25, 0.3) is 35.4 Å². The first-order chi connectivity index (χ1) is 13.9. The topological polar surface area (TPSA) is 0 Å². The van der Waals surface area contributed by atoms with Crippen LogP contribution in [0.2, 0.25) is 0 Å². The molecule has 0 radical (unpaired) electrons. The van der Waals surface area contributed by atoms with Gasteiger partial charge in [-0.1, -0.05) is 133 Å². The molecule has 0 aliphatic carbocycles. The molecule has 0 N–H and O–H groups in total. The maximum atomic E-state index is 2.22. The molecule has 0 spiro atoms. The van der Waals surface area contributed by atoms with Crippen molar-refractivity contribution in [2.75, 3.05) is 0 Å². The summed E-state index contributed by atoms with van der Waals surface area (Å²) in [4.78, 5) is 0. The fourth-order valence-electron chi connectivity index (χ4n) is 3.28. The molecule has 4 aromatic carbocycles. The Kier molecular flexibility index (Phi) is 7.84. The van der Waals surface area contributed by atoms with Gasteiger partial charge < -0.3 is 0 Å². The molecule has 0 fully saturated rings. The van der Waals surface area contributed by atoms with E-state index in [4.69, 9.17) is 0 Å². The first-order valence-electron chi connectivity index (χ1n) is 9.55. The molecule has 136 valence electrons. The fourth-order valence-corrected chi connectivity index (χ4v) is 3.28. The molecule has 0 nitrogen and oxygen atoms in total. The average Bonchev–Trinajstić information content (AvgIpc) is 2.78. The van der Waals surface area contributed by atoms with Gasteiger partial charge in [0.15, 0.2) is 0 Å². The average molecular weight is 382 g/mol. The second-order valence-corrected chi connectivity index (χ2v) is 6.66. The molecule has 0 aliphatic rings. The Morgan fingerprint density at radius 1 is 0.414 bits per heavy atom. The predicted molar refractivity (Wildman–Crippen MR) is 130 cm³/mol. The predicted octanol–water partition coefficient (Wildman–Crippen LogP) is 7.05. The fraction of sp³-hybridized carbons (Fsp3) is 0. The van der Waals surface area contributed by atoms with E-state index in [0.29, 0.717) is 0 Å². The van der Waals surface area contributed by atoms with E-state index in [0.717, 1.165) is 0 Å². The van der Waals surface area contributed by atoms with Crippen LogP contribution in [0.3, 0.4) is 0 Å². The molecule has 1 heteroatoms. The molecule has 0 heterocycles. The van der Waals surface area contributed by atoms with Crippen molar-refractivity contribution in [3.8, 4) is 11.1 Å². The second kappa shape index (κ2) is 10.8.